The highest BCUT2D eigenvalue weighted by Crippen LogP contribution is 2.19. The Kier molecular flexibility index (Phi) is 5.02. The second-order valence-corrected chi connectivity index (χ2v) is 5.00. The summed E-state index contributed by atoms with van der Waals surface area (Å²) in [6.07, 6.45) is 2.71. The molecule has 0 spiro atoms. The lowest BCUT2D eigenvalue weighted by molar-refractivity contribution is 0.112. The number of hydrogen-bond donors (Lipinski definition) is 1. The zero-order valence-corrected chi connectivity index (χ0v) is 11.0. The van der Waals surface area contributed by atoms with Crippen molar-refractivity contribution in [3.8, 4) is 0 Å². The predicted molar refractivity (Wildman–Crippen MR) is 68.6 cm³/mol. The Morgan fingerprint density at radius 1 is 1.56 bits per heavy atom. The minimum absolute atomic E-state index is 0.196. The van der Waals surface area contributed by atoms with Gasteiger partial charge in [-0.2, -0.15) is 11.8 Å². The monoisotopic (exact) mass is 259 g/mol. The van der Waals surface area contributed by atoms with Crippen molar-refractivity contribution >= 4 is 35.5 Å². The third-order valence-corrected chi connectivity index (χ3v) is 3.35. The van der Waals surface area contributed by atoms with Gasteiger partial charge in [-0.05, 0) is 13.2 Å². The summed E-state index contributed by atoms with van der Waals surface area (Å²) < 4.78 is 0. The van der Waals surface area contributed by atoms with Crippen molar-refractivity contribution in [3.05, 3.63) is 16.5 Å². The molecule has 1 rings (SSSR count). The van der Waals surface area contributed by atoms with Crippen molar-refractivity contribution < 1.29 is 4.79 Å². The van der Waals surface area contributed by atoms with Crippen molar-refractivity contribution in [3.63, 3.8) is 0 Å². The van der Waals surface area contributed by atoms with Crippen LogP contribution in [0.1, 0.15) is 23.1 Å². The number of aldehydes is 1. The van der Waals surface area contributed by atoms with E-state index in [4.69, 9.17) is 11.6 Å². The number of carbonyl (C=O) groups is 1. The van der Waals surface area contributed by atoms with E-state index in [1.807, 2.05) is 6.26 Å². The van der Waals surface area contributed by atoms with E-state index in [-0.39, 0.29) is 5.15 Å². The summed E-state index contributed by atoms with van der Waals surface area (Å²) in [6.45, 7) is 4.56. The fraction of sp³-hybridized carbons (Fsp3) is 0.500. The zero-order chi connectivity index (χ0) is 12.1. The molecule has 6 heteroatoms. The standard InChI is InChI=1S/C10H14ClN3OS/c1-6(16-3)4-12-10-8(5-15)9(11)13-7(2)14-10/h5-6H,4H2,1-3H3,(H,12,13,14). The fourth-order valence-electron chi connectivity index (χ4n) is 1.11. The van der Waals surface area contributed by atoms with Crippen molar-refractivity contribution in [1.29, 1.82) is 0 Å². The van der Waals surface area contributed by atoms with Gasteiger partial charge in [-0.3, -0.25) is 4.79 Å². The molecule has 0 saturated heterocycles. The minimum atomic E-state index is 0.196. The first-order valence-electron chi connectivity index (χ1n) is 4.84. The molecule has 0 aromatic carbocycles. The maximum atomic E-state index is 10.9. The van der Waals surface area contributed by atoms with Gasteiger partial charge in [0.05, 0.1) is 5.56 Å². The number of carbonyl (C=O) groups excluding carboxylic acids is 1. The molecule has 1 unspecified atom stereocenters. The smallest absolute Gasteiger partial charge is 0.156 e. The maximum absolute atomic E-state index is 10.9. The molecule has 0 aliphatic heterocycles. The van der Waals surface area contributed by atoms with Crippen LogP contribution in [0.25, 0.3) is 0 Å². The molecule has 16 heavy (non-hydrogen) atoms. The Bertz CT molecular complexity index is 387. The van der Waals surface area contributed by atoms with E-state index in [0.29, 0.717) is 28.7 Å². The molecule has 1 N–H and O–H groups in total. The third-order valence-electron chi connectivity index (χ3n) is 2.09. The van der Waals surface area contributed by atoms with Crippen LogP contribution in [-0.4, -0.2) is 34.3 Å². The van der Waals surface area contributed by atoms with Crippen molar-refractivity contribution in [2.24, 2.45) is 0 Å². The molecule has 1 heterocycles. The van der Waals surface area contributed by atoms with Gasteiger partial charge >= 0.3 is 0 Å². The minimum Gasteiger partial charge on any atom is -0.368 e. The summed E-state index contributed by atoms with van der Waals surface area (Å²) in [7, 11) is 0. The summed E-state index contributed by atoms with van der Waals surface area (Å²) >= 11 is 7.60. The number of aromatic nitrogens is 2. The van der Waals surface area contributed by atoms with Gasteiger partial charge in [0.15, 0.2) is 6.29 Å². The highest BCUT2D eigenvalue weighted by molar-refractivity contribution is 7.99. The molecule has 0 saturated carbocycles. The summed E-state index contributed by atoms with van der Waals surface area (Å²) in [5.41, 5.74) is 0.320. The average Bonchev–Trinajstić information content (AvgIpc) is 2.25. The van der Waals surface area contributed by atoms with Crippen LogP contribution < -0.4 is 5.32 Å². The van der Waals surface area contributed by atoms with E-state index in [1.165, 1.54) is 0 Å². The summed E-state index contributed by atoms with van der Waals surface area (Å²) in [5, 5.41) is 3.74. The van der Waals surface area contributed by atoms with E-state index in [9.17, 15) is 4.79 Å². The summed E-state index contributed by atoms with van der Waals surface area (Å²) in [5.74, 6) is 1.06. The van der Waals surface area contributed by atoms with Crippen LogP contribution in [0, 0.1) is 6.92 Å². The Hall–Kier alpha value is -0.810. The molecule has 1 aromatic rings. The lowest BCUT2D eigenvalue weighted by atomic mass is 10.3. The molecule has 0 fully saturated rings. The predicted octanol–water partition coefficient (Wildman–Crippen LogP) is 2.41. The largest absolute Gasteiger partial charge is 0.368 e. The van der Waals surface area contributed by atoms with E-state index in [0.717, 1.165) is 6.54 Å². The number of halogens is 1. The zero-order valence-electron chi connectivity index (χ0n) is 9.45. The van der Waals surface area contributed by atoms with E-state index in [1.54, 1.807) is 18.7 Å². The molecular formula is C10H14ClN3OS. The average molecular weight is 260 g/mol. The number of aryl methyl sites for hydroxylation is 1. The number of thioether (sulfide) groups is 1. The Balaban J connectivity index is 2.89. The van der Waals surface area contributed by atoms with Gasteiger partial charge in [0.2, 0.25) is 0 Å². The van der Waals surface area contributed by atoms with Crippen LogP contribution in [0.4, 0.5) is 5.82 Å². The lowest BCUT2D eigenvalue weighted by Gasteiger charge is -2.12. The van der Waals surface area contributed by atoms with E-state index >= 15 is 0 Å². The van der Waals surface area contributed by atoms with Crippen molar-refractivity contribution in [2.45, 2.75) is 19.1 Å². The number of nitrogens with zero attached hydrogens (tertiary/aromatic N) is 2. The number of nitrogens with one attached hydrogen (secondary N) is 1. The Morgan fingerprint density at radius 3 is 2.81 bits per heavy atom. The van der Waals surface area contributed by atoms with Crippen LogP contribution >= 0.6 is 23.4 Å². The van der Waals surface area contributed by atoms with Crippen molar-refractivity contribution in [2.75, 3.05) is 18.1 Å². The van der Waals surface area contributed by atoms with Crippen LogP contribution in [0.15, 0.2) is 0 Å². The summed E-state index contributed by atoms with van der Waals surface area (Å²) in [4.78, 5) is 19.0. The second kappa shape index (κ2) is 6.06. The molecule has 1 atom stereocenters. The fourth-order valence-corrected chi connectivity index (χ4v) is 1.62. The molecule has 4 nitrogen and oxygen atoms in total. The topological polar surface area (TPSA) is 54.9 Å². The highest BCUT2D eigenvalue weighted by atomic mass is 35.5. The van der Waals surface area contributed by atoms with Crippen LogP contribution in [0.5, 0.6) is 0 Å². The summed E-state index contributed by atoms with van der Waals surface area (Å²) in [6, 6.07) is 0. The number of anilines is 1. The molecular weight excluding hydrogens is 246 g/mol. The first-order chi connectivity index (χ1) is 7.58. The lowest BCUT2D eigenvalue weighted by Crippen LogP contribution is -2.15. The maximum Gasteiger partial charge on any atom is 0.156 e. The third kappa shape index (κ3) is 3.35. The van der Waals surface area contributed by atoms with Crippen LogP contribution in [0.3, 0.4) is 0 Å². The van der Waals surface area contributed by atoms with Crippen molar-refractivity contribution in [1.82, 2.24) is 9.97 Å². The Labute approximate surface area is 104 Å². The van der Waals surface area contributed by atoms with Gasteiger partial charge in [-0.25, -0.2) is 9.97 Å². The highest BCUT2D eigenvalue weighted by Gasteiger charge is 2.11. The first kappa shape index (κ1) is 13.3. The van der Waals surface area contributed by atoms with Gasteiger partial charge in [0.25, 0.3) is 0 Å². The van der Waals surface area contributed by atoms with Gasteiger partial charge in [0, 0.05) is 11.8 Å². The molecule has 88 valence electrons. The number of hydrogen-bond acceptors (Lipinski definition) is 5. The molecule has 1 aromatic heterocycles. The van der Waals surface area contributed by atoms with Gasteiger partial charge < -0.3 is 5.32 Å². The quantitative estimate of drug-likeness (QED) is 0.650. The molecule has 0 aliphatic rings. The molecule has 0 radical (unpaired) electrons. The van der Waals surface area contributed by atoms with E-state index in [2.05, 4.69) is 22.2 Å². The Morgan fingerprint density at radius 2 is 2.25 bits per heavy atom. The van der Waals surface area contributed by atoms with E-state index < -0.39 is 0 Å². The van der Waals surface area contributed by atoms with Crippen LogP contribution in [0.2, 0.25) is 5.15 Å². The van der Waals surface area contributed by atoms with Gasteiger partial charge in [0.1, 0.15) is 16.8 Å². The SMILES string of the molecule is CSC(C)CNc1nc(C)nc(Cl)c1C=O. The molecule has 0 aliphatic carbocycles. The molecule has 0 bridgehead atoms. The normalized spacial score (nSPS) is 12.2. The van der Waals surface area contributed by atoms with Gasteiger partial charge in [-0.1, -0.05) is 18.5 Å². The first-order valence-corrected chi connectivity index (χ1v) is 6.51. The second-order valence-electron chi connectivity index (χ2n) is 3.37. The molecule has 0 amide bonds. The number of rotatable bonds is 5. The van der Waals surface area contributed by atoms with Crippen LogP contribution in [-0.2, 0) is 0 Å². The van der Waals surface area contributed by atoms with Gasteiger partial charge in [-0.15, -0.1) is 0 Å².